The molecule has 0 aliphatic carbocycles. The summed E-state index contributed by atoms with van der Waals surface area (Å²) in [5.41, 5.74) is -1.50. The molecular formula is C11H20N2O6S. The first-order chi connectivity index (χ1) is 9.15. The first-order valence-electron chi connectivity index (χ1n) is 6.40. The molecule has 1 saturated heterocycles. The first-order valence-corrected chi connectivity index (χ1v) is 7.84. The lowest BCUT2D eigenvalue weighted by atomic mass is 9.95. The van der Waals surface area contributed by atoms with Crippen LogP contribution in [0.4, 0.5) is 4.79 Å². The van der Waals surface area contributed by atoms with Crippen LogP contribution >= 0.6 is 0 Å². The summed E-state index contributed by atoms with van der Waals surface area (Å²) in [6.07, 6.45) is -0.802. The summed E-state index contributed by atoms with van der Waals surface area (Å²) >= 11 is 0. The fraction of sp³-hybridized carbons (Fsp3) is 0.818. The molecule has 0 radical (unpaired) electrons. The highest BCUT2D eigenvalue weighted by molar-refractivity contribution is 7.87. The van der Waals surface area contributed by atoms with Gasteiger partial charge in [-0.2, -0.15) is 12.7 Å². The van der Waals surface area contributed by atoms with Crippen molar-refractivity contribution in [3.05, 3.63) is 0 Å². The number of nitrogens with one attached hydrogen (secondary N) is 1. The monoisotopic (exact) mass is 308 g/mol. The molecule has 20 heavy (non-hydrogen) atoms. The third-order valence-corrected chi connectivity index (χ3v) is 4.79. The Labute approximate surface area is 118 Å². The van der Waals surface area contributed by atoms with Gasteiger partial charge in [-0.15, -0.1) is 0 Å². The van der Waals surface area contributed by atoms with E-state index < -0.39 is 33.9 Å². The highest BCUT2D eigenvalue weighted by atomic mass is 32.2. The average molecular weight is 308 g/mol. The molecule has 0 bridgehead atoms. The largest absolute Gasteiger partial charge is 0.480 e. The molecule has 0 aromatic carbocycles. The van der Waals surface area contributed by atoms with Gasteiger partial charge in [0.15, 0.2) is 0 Å². The molecule has 1 fully saturated rings. The molecule has 1 atom stereocenters. The standard InChI is InChI=1S/C11H20N2O6S/c1-4-11(9(14)15)6-5-7-13(11)20(17,18)12-10(16)19-8(2)3/h8H,4-7H2,1-3H3,(H,12,16)(H,14,15). The molecule has 1 rings (SSSR count). The van der Waals surface area contributed by atoms with Gasteiger partial charge in [-0.05, 0) is 33.1 Å². The maximum Gasteiger partial charge on any atom is 0.422 e. The number of ether oxygens (including phenoxy) is 1. The van der Waals surface area contributed by atoms with Crippen LogP contribution in [0.15, 0.2) is 0 Å². The summed E-state index contributed by atoms with van der Waals surface area (Å²) in [6.45, 7) is 4.82. The minimum atomic E-state index is -4.24. The minimum absolute atomic E-state index is 0.0600. The van der Waals surface area contributed by atoms with E-state index in [1.807, 2.05) is 0 Å². The van der Waals surface area contributed by atoms with Gasteiger partial charge < -0.3 is 9.84 Å². The second kappa shape index (κ2) is 5.96. The number of amides is 1. The second-order valence-corrected chi connectivity index (χ2v) is 6.52. The molecule has 0 spiro atoms. The molecule has 0 saturated carbocycles. The number of carbonyl (C=O) groups is 2. The molecule has 1 aliphatic rings. The topological polar surface area (TPSA) is 113 Å². The van der Waals surface area contributed by atoms with Crippen molar-refractivity contribution in [3.8, 4) is 0 Å². The predicted molar refractivity (Wildman–Crippen MR) is 70.3 cm³/mol. The van der Waals surface area contributed by atoms with Crippen molar-refractivity contribution in [2.24, 2.45) is 0 Å². The van der Waals surface area contributed by atoms with Crippen LogP contribution in [0.25, 0.3) is 0 Å². The number of carboxylic acid groups (broad SMARTS) is 1. The molecule has 1 unspecified atom stereocenters. The van der Waals surface area contributed by atoms with Gasteiger partial charge in [0.05, 0.1) is 6.10 Å². The van der Waals surface area contributed by atoms with E-state index in [1.54, 1.807) is 25.5 Å². The van der Waals surface area contributed by atoms with Crippen molar-refractivity contribution in [1.29, 1.82) is 0 Å². The highest BCUT2D eigenvalue weighted by Crippen LogP contribution is 2.34. The van der Waals surface area contributed by atoms with Gasteiger partial charge in [0.1, 0.15) is 5.54 Å². The maximum absolute atomic E-state index is 12.2. The predicted octanol–water partition coefficient (Wildman–Crippen LogP) is 0.695. The van der Waals surface area contributed by atoms with Crippen LogP contribution in [0, 0.1) is 0 Å². The lowest BCUT2D eigenvalue weighted by Gasteiger charge is -2.32. The summed E-state index contributed by atoms with van der Waals surface area (Å²) in [6, 6.07) is 0. The average Bonchev–Trinajstić information content (AvgIpc) is 2.72. The van der Waals surface area contributed by atoms with Gasteiger partial charge in [-0.3, -0.25) is 4.79 Å². The number of carbonyl (C=O) groups excluding carboxylic acids is 1. The number of carboxylic acids is 1. The van der Waals surface area contributed by atoms with Crippen molar-refractivity contribution < 1.29 is 27.9 Å². The Morgan fingerprint density at radius 1 is 1.45 bits per heavy atom. The zero-order chi connectivity index (χ0) is 15.6. The molecule has 0 aromatic rings. The van der Waals surface area contributed by atoms with Crippen molar-refractivity contribution >= 4 is 22.3 Å². The Balaban J connectivity index is 2.97. The Kier molecular flexibility index (Phi) is 4.98. The third-order valence-electron chi connectivity index (χ3n) is 3.26. The Morgan fingerprint density at radius 3 is 2.50 bits per heavy atom. The molecule has 116 valence electrons. The van der Waals surface area contributed by atoms with Crippen LogP contribution in [0.3, 0.4) is 0 Å². The fourth-order valence-corrected chi connectivity index (χ4v) is 3.82. The smallest absolute Gasteiger partial charge is 0.422 e. The van der Waals surface area contributed by atoms with Crippen molar-refractivity contribution in [1.82, 2.24) is 9.03 Å². The van der Waals surface area contributed by atoms with Gasteiger partial charge in [0, 0.05) is 6.54 Å². The van der Waals surface area contributed by atoms with E-state index in [-0.39, 0.29) is 19.4 Å². The molecular weight excluding hydrogens is 288 g/mol. The number of aliphatic carboxylic acids is 1. The van der Waals surface area contributed by atoms with Crippen molar-refractivity contribution in [2.45, 2.75) is 51.7 Å². The molecule has 8 nitrogen and oxygen atoms in total. The van der Waals surface area contributed by atoms with E-state index in [2.05, 4.69) is 0 Å². The van der Waals surface area contributed by atoms with E-state index in [4.69, 9.17) is 4.74 Å². The van der Waals surface area contributed by atoms with Crippen LogP contribution in [0.1, 0.15) is 40.0 Å². The Bertz CT molecular complexity index is 489. The van der Waals surface area contributed by atoms with E-state index in [0.717, 1.165) is 4.31 Å². The summed E-state index contributed by atoms with van der Waals surface area (Å²) in [5.74, 6) is -1.21. The normalized spacial score (nSPS) is 23.8. The summed E-state index contributed by atoms with van der Waals surface area (Å²) in [7, 11) is -4.24. The van der Waals surface area contributed by atoms with Crippen LogP contribution in [0.5, 0.6) is 0 Å². The van der Waals surface area contributed by atoms with Gasteiger partial charge >= 0.3 is 22.3 Å². The molecule has 0 aromatic heterocycles. The zero-order valence-electron chi connectivity index (χ0n) is 11.7. The highest BCUT2D eigenvalue weighted by Gasteiger charge is 2.52. The summed E-state index contributed by atoms with van der Waals surface area (Å²) in [4.78, 5) is 22.8. The van der Waals surface area contributed by atoms with Gasteiger partial charge in [0.2, 0.25) is 0 Å². The Hall–Kier alpha value is -1.35. The van der Waals surface area contributed by atoms with Crippen LogP contribution in [-0.2, 0) is 19.7 Å². The number of nitrogens with zero attached hydrogens (tertiary/aromatic N) is 1. The fourth-order valence-electron chi connectivity index (χ4n) is 2.32. The lowest BCUT2D eigenvalue weighted by molar-refractivity contribution is -0.147. The van der Waals surface area contributed by atoms with Crippen molar-refractivity contribution in [2.75, 3.05) is 6.54 Å². The van der Waals surface area contributed by atoms with Gasteiger partial charge in [-0.25, -0.2) is 9.52 Å². The maximum atomic E-state index is 12.2. The minimum Gasteiger partial charge on any atom is -0.480 e. The van der Waals surface area contributed by atoms with E-state index in [1.165, 1.54) is 0 Å². The van der Waals surface area contributed by atoms with E-state index >= 15 is 0 Å². The van der Waals surface area contributed by atoms with Crippen LogP contribution < -0.4 is 4.72 Å². The first kappa shape index (κ1) is 16.7. The molecule has 9 heteroatoms. The third kappa shape index (κ3) is 3.21. The second-order valence-electron chi connectivity index (χ2n) is 4.93. The molecule has 1 amide bonds. The quantitative estimate of drug-likeness (QED) is 0.772. The van der Waals surface area contributed by atoms with E-state index in [0.29, 0.717) is 6.42 Å². The van der Waals surface area contributed by atoms with Gasteiger partial charge in [-0.1, -0.05) is 6.92 Å². The van der Waals surface area contributed by atoms with E-state index in [9.17, 15) is 23.1 Å². The number of hydrogen-bond acceptors (Lipinski definition) is 5. The lowest BCUT2D eigenvalue weighted by Crippen LogP contribution is -2.56. The van der Waals surface area contributed by atoms with Crippen LogP contribution in [-0.4, -0.2) is 48.1 Å². The molecule has 2 N–H and O–H groups in total. The zero-order valence-corrected chi connectivity index (χ0v) is 12.6. The van der Waals surface area contributed by atoms with Gasteiger partial charge in [0.25, 0.3) is 0 Å². The molecule has 1 aliphatic heterocycles. The SMILES string of the molecule is CCC1(C(=O)O)CCCN1S(=O)(=O)NC(=O)OC(C)C. The summed E-state index contributed by atoms with van der Waals surface area (Å²) < 4.78 is 31.6. The summed E-state index contributed by atoms with van der Waals surface area (Å²) in [5, 5.41) is 9.33. The Morgan fingerprint density at radius 2 is 2.05 bits per heavy atom. The van der Waals surface area contributed by atoms with Crippen molar-refractivity contribution in [3.63, 3.8) is 0 Å². The van der Waals surface area contributed by atoms with Crippen LogP contribution in [0.2, 0.25) is 0 Å². The number of rotatable bonds is 5. The number of hydrogen-bond donors (Lipinski definition) is 2. The molecule has 1 heterocycles.